The summed E-state index contributed by atoms with van der Waals surface area (Å²) < 4.78 is 26.5. The van der Waals surface area contributed by atoms with Gasteiger partial charge in [-0.05, 0) is 142 Å². The van der Waals surface area contributed by atoms with Gasteiger partial charge in [-0.2, -0.15) is 0 Å². The molecule has 5 aliphatic carbocycles. The lowest BCUT2D eigenvalue weighted by Crippen LogP contribution is -2.70. The standard InChI is InChI=1S/C43H72N4O6/c1-26(2)35(53-38(49)46-17-8-18-46)29-23-27(3)34-36(51-29)37(48)43(44)31-10-9-30-39(4,5)32(11-14-41(30)25-42(31,41)16-15-40(34,43)6)52-33-24-47(21-22-50-33)28-12-19-45(7)20-13-28/h26-37,48H,8-25,44H2,1-7H3/t27-,29?,30+,31?,32+,33+,34+,35-,36?,37+,40-,41-,42+,43+/m1/s1. The van der Waals surface area contributed by atoms with E-state index in [9.17, 15) is 9.90 Å². The minimum absolute atomic E-state index is 0.0426. The Morgan fingerprint density at radius 3 is 2.36 bits per heavy atom. The first-order valence-electron chi connectivity index (χ1n) is 21.9. The molecule has 0 aromatic heterocycles. The van der Waals surface area contributed by atoms with Gasteiger partial charge in [0.15, 0.2) is 6.29 Å². The van der Waals surface area contributed by atoms with Gasteiger partial charge in [-0.1, -0.05) is 41.5 Å². The van der Waals surface area contributed by atoms with Gasteiger partial charge < -0.3 is 39.6 Å². The highest BCUT2D eigenvalue weighted by Gasteiger charge is 2.85. The zero-order valence-corrected chi connectivity index (χ0v) is 34.1. The van der Waals surface area contributed by atoms with E-state index in [1.165, 1.54) is 45.2 Å². The van der Waals surface area contributed by atoms with E-state index in [4.69, 9.17) is 24.7 Å². The second kappa shape index (κ2) is 13.0. The normalized spacial score (nSPS) is 50.2. The Hall–Kier alpha value is -1.01. The van der Waals surface area contributed by atoms with Gasteiger partial charge in [-0.15, -0.1) is 0 Å². The van der Waals surface area contributed by atoms with E-state index in [0.29, 0.717) is 17.9 Å². The topological polar surface area (TPSA) is 110 Å². The summed E-state index contributed by atoms with van der Waals surface area (Å²) in [7, 11) is 2.24. The Kier molecular flexibility index (Phi) is 9.22. The van der Waals surface area contributed by atoms with Crippen LogP contribution in [0.25, 0.3) is 0 Å². The van der Waals surface area contributed by atoms with Crippen LogP contribution in [-0.4, -0.2) is 127 Å². The fourth-order valence-corrected chi connectivity index (χ4v) is 15.3. The molecule has 9 aliphatic rings. The van der Waals surface area contributed by atoms with Gasteiger partial charge >= 0.3 is 6.09 Å². The quantitative estimate of drug-likeness (QED) is 0.365. The monoisotopic (exact) mass is 741 g/mol. The summed E-state index contributed by atoms with van der Waals surface area (Å²) in [5, 5.41) is 12.6. The molecule has 3 N–H and O–H groups in total. The minimum atomic E-state index is -0.735. The van der Waals surface area contributed by atoms with Crippen molar-refractivity contribution in [2.24, 2.45) is 57.0 Å². The zero-order chi connectivity index (χ0) is 37.3. The number of nitrogens with zero attached hydrogens (tertiary/aromatic N) is 3. The van der Waals surface area contributed by atoms with Crippen LogP contribution in [0.5, 0.6) is 0 Å². The molecule has 4 heterocycles. The van der Waals surface area contributed by atoms with Crippen LogP contribution in [0.1, 0.15) is 112 Å². The molecule has 10 nitrogen and oxygen atoms in total. The zero-order valence-electron chi connectivity index (χ0n) is 34.1. The summed E-state index contributed by atoms with van der Waals surface area (Å²) in [6.07, 6.45) is 10.5. The number of nitrogens with two attached hydrogens (primary N) is 1. The Morgan fingerprint density at radius 1 is 0.943 bits per heavy atom. The summed E-state index contributed by atoms with van der Waals surface area (Å²) in [6, 6.07) is 0.643. The van der Waals surface area contributed by atoms with Crippen molar-refractivity contribution < 1.29 is 28.8 Å². The highest BCUT2D eigenvalue weighted by Crippen LogP contribution is 2.87. The number of morpholine rings is 1. The molecule has 0 aromatic carbocycles. The number of fused-ring (bicyclic) bond motifs is 4. The van der Waals surface area contributed by atoms with Crippen molar-refractivity contribution in [2.75, 3.05) is 52.9 Å². The van der Waals surface area contributed by atoms with Crippen molar-refractivity contribution in [3.05, 3.63) is 0 Å². The molecule has 53 heavy (non-hydrogen) atoms. The van der Waals surface area contributed by atoms with E-state index in [1.807, 2.05) is 0 Å². The molecule has 1 amide bonds. The number of aliphatic hydroxyl groups excluding tert-OH is 1. The molecule has 2 spiro atoms. The predicted molar refractivity (Wildman–Crippen MR) is 203 cm³/mol. The van der Waals surface area contributed by atoms with Gasteiger partial charge in [0.1, 0.15) is 6.10 Å². The lowest BCUT2D eigenvalue weighted by atomic mass is 9.43. The fraction of sp³-hybridized carbons (Fsp3) is 0.977. The highest BCUT2D eigenvalue weighted by atomic mass is 16.7. The van der Waals surface area contributed by atoms with E-state index < -0.39 is 11.6 Å². The Bertz CT molecular complexity index is 1400. The minimum Gasteiger partial charge on any atom is -0.443 e. The molecular weight excluding hydrogens is 668 g/mol. The molecule has 10 heteroatoms. The predicted octanol–water partition coefficient (Wildman–Crippen LogP) is 5.50. The van der Waals surface area contributed by atoms with Gasteiger partial charge in [0.05, 0.1) is 36.6 Å². The van der Waals surface area contributed by atoms with E-state index >= 15 is 0 Å². The number of hydrogen-bond donors (Lipinski definition) is 2. The molecule has 9 fully saturated rings. The Morgan fingerprint density at radius 2 is 1.66 bits per heavy atom. The van der Waals surface area contributed by atoms with Crippen LogP contribution in [0.15, 0.2) is 0 Å². The van der Waals surface area contributed by atoms with Gasteiger partial charge in [0, 0.05) is 32.2 Å². The van der Waals surface area contributed by atoms with E-state index in [1.54, 1.807) is 4.90 Å². The number of aliphatic hydroxyl groups is 1. The second-order valence-electron chi connectivity index (χ2n) is 21.1. The molecule has 3 unspecified atom stereocenters. The van der Waals surface area contributed by atoms with Crippen molar-refractivity contribution in [1.82, 2.24) is 14.7 Å². The third-order valence-electron chi connectivity index (χ3n) is 18.2. The smallest absolute Gasteiger partial charge is 0.410 e. The molecule has 4 saturated heterocycles. The Labute approximate surface area is 319 Å². The largest absolute Gasteiger partial charge is 0.443 e. The van der Waals surface area contributed by atoms with Crippen molar-refractivity contribution in [3.63, 3.8) is 0 Å². The fourth-order valence-electron chi connectivity index (χ4n) is 15.3. The number of carbonyl (C=O) groups excluding carboxylic acids is 1. The van der Waals surface area contributed by atoms with Gasteiger partial charge in [-0.25, -0.2) is 4.79 Å². The first-order chi connectivity index (χ1) is 25.2. The van der Waals surface area contributed by atoms with Gasteiger partial charge in [-0.3, -0.25) is 4.90 Å². The van der Waals surface area contributed by atoms with E-state index in [-0.39, 0.29) is 76.2 Å². The molecule has 5 saturated carbocycles. The third kappa shape index (κ3) is 5.37. The van der Waals surface area contributed by atoms with Crippen molar-refractivity contribution >= 4 is 6.09 Å². The Balaban J connectivity index is 0.912. The van der Waals surface area contributed by atoms with Crippen molar-refractivity contribution in [1.29, 1.82) is 0 Å². The van der Waals surface area contributed by atoms with Crippen LogP contribution in [-0.2, 0) is 18.9 Å². The summed E-state index contributed by atoms with van der Waals surface area (Å²) in [4.78, 5) is 19.9. The van der Waals surface area contributed by atoms with Crippen molar-refractivity contribution in [2.45, 2.75) is 161 Å². The molecule has 300 valence electrons. The summed E-state index contributed by atoms with van der Waals surface area (Å²) >= 11 is 0. The second-order valence-corrected chi connectivity index (χ2v) is 21.1. The average Bonchev–Trinajstić information content (AvgIpc) is 3.72. The average molecular weight is 741 g/mol. The third-order valence-corrected chi connectivity index (χ3v) is 18.2. The first-order valence-corrected chi connectivity index (χ1v) is 21.9. The van der Waals surface area contributed by atoms with Gasteiger partial charge in [0.2, 0.25) is 0 Å². The number of likely N-dealkylation sites (tertiary alicyclic amines) is 2. The molecule has 0 radical (unpaired) electrons. The molecule has 9 rings (SSSR count). The van der Waals surface area contributed by atoms with Crippen molar-refractivity contribution in [3.8, 4) is 0 Å². The van der Waals surface area contributed by atoms with E-state index in [0.717, 1.165) is 71.3 Å². The van der Waals surface area contributed by atoms with Crippen LogP contribution in [0.3, 0.4) is 0 Å². The molecule has 14 atom stereocenters. The van der Waals surface area contributed by atoms with Crippen LogP contribution in [0.2, 0.25) is 0 Å². The maximum Gasteiger partial charge on any atom is 0.410 e. The molecular formula is C43H72N4O6. The molecule has 4 aliphatic heterocycles. The number of hydrogen-bond acceptors (Lipinski definition) is 9. The highest BCUT2D eigenvalue weighted by molar-refractivity contribution is 5.68. The lowest BCUT2D eigenvalue weighted by Gasteiger charge is -2.63. The number of ether oxygens (including phenoxy) is 4. The number of rotatable bonds is 6. The number of amides is 1. The summed E-state index contributed by atoms with van der Waals surface area (Å²) in [5.41, 5.74) is 7.50. The molecule has 0 bridgehead atoms. The number of piperidine rings is 1. The number of carbonyl (C=O) groups is 1. The maximum atomic E-state index is 13.0. The van der Waals surface area contributed by atoms with Crippen LogP contribution >= 0.6 is 0 Å². The lowest BCUT2D eigenvalue weighted by molar-refractivity contribution is -0.249. The molecule has 0 aromatic rings. The van der Waals surface area contributed by atoms with Crippen LogP contribution in [0.4, 0.5) is 4.79 Å². The van der Waals surface area contributed by atoms with Gasteiger partial charge in [0.25, 0.3) is 0 Å². The van der Waals surface area contributed by atoms with E-state index in [2.05, 4.69) is 58.4 Å². The summed E-state index contributed by atoms with van der Waals surface area (Å²) in [6.45, 7) is 20.5. The maximum absolute atomic E-state index is 13.0. The van der Waals surface area contributed by atoms with Crippen LogP contribution < -0.4 is 5.73 Å². The van der Waals surface area contributed by atoms with Crippen LogP contribution in [0, 0.1) is 51.2 Å². The summed E-state index contributed by atoms with van der Waals surface area (Å²) in [5.74, 6) is 1.48. The SMILES string of the molecule is CC(C)[C@@H](OC(=O)N1CCC1)C1C[C@@H](C)[C@H]2C(O1)[C@H](O)[C@@]1(N)C3CC[C@H]4C(C)(C)[C@@H](O[C@H]5CN(C6CCN(C)CC6)CCO5)CC[C@@]45C[C@@]35CC[C@]21C. The first kappa shape index (κ1) is 37.6.